The minimum absolute atomic E-state index is 0.201. The predicted molar refractivity (Wildman–Crippen MR) is 72.5 cm³/mol. The molecule has 1 aliphatic carbocycles. The number of aromatic carboxylic acids is 1. The van der Waals surface area contributed by atoms with Gasteiger partial charge in [0.05, 0.1) is 0 Å². The summed E-state index contributed by atoms with van der Waals surface area (Å²) < 4.78 is 5.36. The maximum absolute atomic E-state index is 11.5. The van der Waals surface area contributed by atoms with Crippen LogP contribution in [0.1, 0.15) is 86.5 Å². The molecule has 1 aromatic heterocycles. The summed E-state index contributed by atoms with van der Waals surface area (Å²) in [7, 11) is 0. The zero-order valence-corrected chi connectivity index (χ0v) is 12.0. The smallest absolute Gasteiger partial charge is 0.341 e. The molecule has 0 radical (unpaired) electrons. The van der Waals surface area contributed by atoms with Gasteiger partial charge in [-0.15, -0.1) is 0 Å². The molecule has 1 aromatic rings. The number of aromatic nitrogens is 1. The first-order valence-electron chi connectivity index (χ1n) is 7.27. The van der Waals surface area contributed by atoms with Gasteiger partial charge in [-0.3, -0.25) is 0 Å². The first-order chi connectivity index (χ1) is 9.04. The van der Waals surface area contributed by atoms with E-state index in [1.165, 1.54) is 0 Å². The first kappa shape index (κ1) is 14.1. The van der Waals surface area contributed by atoms with Crippen LogP contribution in [0.25, 0.3) is 0 Å². The number of carboxylic acid groups (broad SMARTS) is 1. The molecule has 1 aliphatic rings. The summed E-state index contributed by atoms with van der Waals surface area (Å²) in [5.41, 5.74) is 1.02. The molecule has 0 spiro atoms. The van der Waals surface area contributed by atoms with Gasteiger partial charge < -0.3 is 9.63 Å². The molecular formula is C15H23NO3. The van der Waals surface area contributed by atoms with Gasteiger partial charge >= 0.3 is 5.97 Å². The van der Waals surface area contributed by atoms with Gasteiger partial charge in [0.2, 0.25) is 0 Å². The standard InChI is InChI=1S/C15H23NO3/c1-4-5-11(8-9(2)3)13-12(15(17)18)14(19-16-13)10-6-7-10/h9-11H,4-8H2,1-3H3,(H,17,18). The van der Waals surface area contributed by atoms with Gasteiger partial charge in [-0.05, 0) is 31.6 Å². The molecule has 1 saturated carbocycles. The highest BCUT2D eigenvalue weighted by Crippen LogP contribution is 2.44. The van der Waals surface area contributed by atoms with Crippen molar-refractivity contribution >= 4 is 5.97 Å². The molecule has 0 amide bonds. The van der Waals surface area contributed by atoms with Crippen LogP contribution in [0.15, 0.2) is 4.52 Å². The van der Waals surface area contributed by atoms with Crippen molar-refractivity contribution in [3.05, 3.63) is 17.0 Å². The monoisotopic (exact) mass is 265 g/mol. The zero-order chi connectivity index (χ0) is 14.0. The van der Waals surface area contributed by atoms with Crippen molar-refractivity contribution in [1.82, 2.24) is 5.16 Å². The quantitative estimate of drug-likeness (QED) is 0.803. The third kappa shape index (κ3) is 3.17. The molecule has 0 aliphatic heterocycles. The molecule has 0 aromatic carbocycles. The minimum Gasteiger partial charge on any atom is -0.477 e. The van der Waals surface area contributed by atoms with Gasteiger partial charge in [-0.2, -0.15) is 0 Å². The SMILES string of the molecule is CCCC(CC(C)C)c1noc(C2CC2)c1C(=O)O. The fourth-order valence-electron chi connectivity index (χ4n) is 2.72. The summed E-state index contributed by atoms with van der Waals surface area (Å²) in [6.45, 7) is 6.44. The van der Waals surface area contributed by atoms with Crippen molar-refractivity contribution in [3.63, 3.8) is 0 Å². The summed E-state index contributed by atoms with van der Waals surface area (Å²) in [5, 5.41) is 13.6. The van der Waals surface area contributed by atoms with Gasteiger partial charge in [0, 0.05) is 11.8 Å². The van der Waals surface area contributed by atoms with E-state index < -0.39 is 5.97 Å². The van der Waals surface area contributed by atoms with Crippen LogP contribution in [0.3, 0.4) is 0 Å². The van der Waals surface area contributed by atoms with Crippen LogP contribution in [0.2, 0.25) is 0 Å². The number of carbonyl (C=O) groups is 1. The minimum atomic E-state index is -0.886. The number of rotatable bonds is 7. The molecular weight excluding hydrogens is 242 g/mol. The van der Waals surface area contributed by atoms with E-state index in [1.807, 2.05) is 0 Å². The topological polar surface area (TPSA) is 63.3 Å². The lowest BCUT2D eigenvalue weighted by Gasteiger charge is -2.16. The Morgan fingerprint density at radius 1 is 1.47 bits per heavy atom. The number of carboxylic acids is 1. The maximum Gasteiger partial charge on any atom is 0.341 e. The highest BCUT2D eigenvalue weighted by Gasteiger charge is 2.36. The number of nitrogens with zero attached hydrogens (tertiary/aromatic N) is 1. The van der Waals surface area contributed by atoms with Gasteiger partial charge in [0.15, 0.2) is 5.76 Å². The van der Waals surface area contributed by atoms with Crippen molar-refractivity contribution in [3.8, 4) is 0 Å². The second-order valence-electron chi connectivity index (χ2n) is 6.00. The van der Waals surface area contributed by atoms with Crippen molar-refractivity contribution in [2.45, 2.75) is 64.7 Å². The van der Waals surface area contributed by atoms with Crippen LogP contribution in [0, 0.1) is 5.92 Å². The average Bonchev–Trinajstić information content (AvgIpc) is 3.06. The molecule has 1 N–H and O–H groups in total. The van der Waals surface area contributed by atoms with E-state index in [9.17, 15) is 9.90 Å². The fourth-order valence-corrected chi connectivity index (χ4v) is 2.72. The van der Waals surface area contributed by atoms with E-state index in [0.717, 1.165) is 32.1 Å². The third-order valence-electron chi connectivity index (χ3n) is 3.69. The van der Waals surface area contributed by atoms with Gasteiger partial charge in [-0.1, -0.05) is 32.3 Å². The number of hydrogen-bond donors (Lipinski definition) is 1. The molecule has 0 bridgehead atoms. The second kappa shape index (κ2) is 5.76. The van der Waals surface area contributed by atoms with Crippen LogP contribution < -0.4 is 0 Å². The summed E-state index contributed by atoms with van der Waals surface area (Å²) in [5.74, 6) is 0.732. The summed E-state index contributed by atoms with van der Waals surface area (Å²) in [4.78, 5) is 11.5. The Labute approximate surface area is 114 Å². The van der Waals surface area contributed by atoms with Gasteiger partial charge in [-0.25, -0.2) is 4.79 Å². The van der Waals surface area contributed by atoms with E-state index in [-0.39, 0.29) is 11.8 Å². The summed E-state index contributed by atoms with van der Waals surface area (Å²) in [6, 6.07) is 0. The van der Waals surface area contributed by atoms with E-state index in [1.54, 1.807) is 0 Å². The van der Waals surface area contributed by atoms with Gasteiger partial charge in [0.1, 0.15) is 11.3 Å². The van der Waals surface area contributed by atoms with E-state index >= 15 is 0 Å². The molecule has 1 heterocycles. The normalized spacial score (nSPS) is 16.8. The number of hydrogen-bond acceptors (Lipinski definition) is 3. The molecule has 0 saturated heterocycles. The maximum atomic E-state index is 11.5. The van der Waals surface area contributed by atoms with Crippen LogP contribution in [-0.2, 0) is 0 Å². The Kier molecular flexibility index (Phi) is 4.27. The molecule has 106 valence electrons. The highest BCUT2D eigenvalue weighted by atomic mass is 16.5. The highest BCUT2D eigenvalue weighted by molar-refractivity contribution is 5.90. The zero-order valence-electron chi connectivity index (χ0n) is 12.0. The van der Waals surface area contributed by atoms with Crippen LogP contribution >= 0.6 is 0 Å². The average molecular weight is 265 g/mol. The Hall–Kier alpha value is -1.32. The predicted octanol–water partition coefficient (Wildman–Crippen LogP) is 4.18. The van der Waals surface area contributed by atoms with Crippen molar-refractivity contribution in [2.24, 2.45) is 5.92 Å². The lowest BCUT2D eigenvalue weighted by atomic mass is 9.88. The van der Waals surface area contributed by atoms with E-state index in [0.29, 0.717) is 22.9 Å². The Morgan fingerprint density at radius 2 is 2.16 bits per heavy atom. The van der Waals surface area contributed by atoms with Crippen LogP contribution in [0.5, 0.6) is 0 Å². The van der Waals surface area contributed by atoms with Crippen LogP contribution in [0.4, 0.5) is 0 Å². The van der Waals surface area contributed by atoms with E-state index in [4.69, 9.17) is 4.52 Å². The van der Waals surface area contributed by atoms with Crippen molar-refractivity contribution in [1.29, 1.82) is 0 Å². The van der Waals surface area contributed by atoms with Crippen molar-refractivity contribution in [2.75, 3.05) is 0 Å². The molecule has 4 heteroatoms. The first-order valence-corrected chi connectivity index (χ1v) is 7.27. The van der Waals surface area contributed by atoms with Gasteiger partial charge in [0.25, 0.3) is 0 Å². The summed E-state index contributed by atoms with van der Waals surface area (Å²) in [6.07, 6.45) is 5.01. The Bertz CT molecular complexity index is 446. The lowest BCUT2D eigenvalue weighted by molar-refractivity contribution is 0.0692. The third-order valence-corrected chi connectivity index (χ3v) is 3.69. The molecule has 1 fully saturated rings. The molecule has 4 nitrogen and oxygen atoms in total. The largest absolute Gasteiger partial charge is 0.477 e. The lowest BCUT2D eigenvalue weighted by Crippen LogP contribution is -2.10. The second-order valence-corrected chi connectivity index (χ2v) is 6.00. The molecule has 19 heavy (non-hydrogen) atoms. The Morgan fingerprint density at radius 3 is 2.63 bits per heavy atom. The molecule has 2 rings (SSSR count). The summed E-state index contributed by atoms with van der Waals surface area (Å²) >= 11 is 0. The molecule has 1 unspecified atom stereocenters. The Balaban J connectivity index is 2.32. The van der Waals surface area contributed by atoms with E-state index in [2.05, 4.69) is 25.9 Å². The fraction of sp³-hybridized carbons (Fsp3) is 0.733. The molecule has 1 atom stereocenters. The van der Waals surface area contributed by atoms with Crippen LogP contribution in [-0.4, -0.2) is 16.2 Å². The van der Waals surface area contributed by atoms with Crippen molar-refractivity contribution < 1.29 is 14.4 Å².